The summed E-state index contributed by atoms with van der Waals surface area (Å²) in [5, 5.41) is 0. The minimum Gasteiger partial charge on any atom is -0.490 e. The van der Waals surface area contributed by atoms with E-state index >= 15 is 0 Å². The van der Waals surface area contributed by atoms with Crippen LogP contribution < -0.4 is 10.5 Å². The van der Waals surface area contributed by atoms with Gasteiger partial charge in [0.1, 0.15) is 19.0 Å². The van der Waals surface area contributed by atoms with Crippen molar-refractivity contribution in [2.24, 2.45) is 17.6 Å². The van der Waals surface area contributed by atoms with Crippen LogP contribution >= 0.6 is 0 Å². The maximum Gasteiger partial charge on any atom is 0.305 e. The van der Waals surface area contributed by atoms with Crippen LogP contribution in [0.5, 0.6) is 5.75 Å². The van der Waals surface area contributed by atoms with Gasteiger partial charge in [-0.05, 0) is 36.8 Å². The van der Waals surface area contributed by atoms with Gasteiger partial charge in [0, 0.05) is 12.8 Å². The van der Waals surface area contributed by atoms with Gasteiger partial charge in [0.15, 0.2) is 0 Å². The smallest absolute Gasteiger partial charge is 0.305 e. The van der Waals surface area contributed by atoms with Gasteiger partial charge in [-0.3, -0.25) is 9.59 Å². The van der Waals surface area contributed by atoms with Gasteiger partial charge in [-0.25, -0.2) is 0 Å². The van der Waals surface area contributed by atoms with Crippen LogP contribution in [0.4, 0.5) is 0 Å². The molecule has 1 aromatic rings. The Morgan fingerprint density at radius 3 is 1.33 bits per heavy atom. The summed E-state index contributed by atoms with van der Waals surface area (Å²) in [5.41, 5.74) is 5.31. The van der Waals surface area contributed by atoms with Crippen LogP contribution in [0.25, 0.3) is 0 Å². The highest BCUT2D eigenvalue weighted by Crippen LogP contribution is 2.34. The summed E-state index contributed by atoms with van der Waals surface area (Å²) in [4.78, 5) is 23.1. The molecular formula is C44H79NO4. The summed E-state index contributed by atoms with van der Waals surface area (Å²) < 4.78 is 11.0. The molecule has 49 heavy (non-hydrogen) atoms. The first kappa shape index (κ1) is 45.0. The van der Waals surface area contributed by atoms with E-state index in [-0.39, 0.29) is 11.9 Å². The quantitative estimate of drug-likeness (QED) is 0.0558. The number of ether oxygens (including phenoxy) is 2. The molecule has 0 saturated carbocycles. The Kier molecular flexibility index (Phi) is 31.6. The van der Waals surface area contributed by atoms with Crippen molar-refractivity contribution < 1.29 is 19.1 Å². The number of amides is 1. The SMILES string of the molecule is CCCCCCCCC(CCCCCCCCC(N)=O)C(CCCCCCCC)CCCCCCCCC(=O)OCCOc1ccccc1. The van der Waals surface area contributed by atoms with Crippen LogP contribution in [-0.4, -0.2) is 25.1 Å². The van der Waals surface area contributed by atoms with E-state index in [1.807, 2.05) is 30.3 Å². The number of esters is 1. The number of nitrogens with two attached hydrogens (primary N) is 1. The van der Waals surface area contributed by atoms with Gasteiger partial charge in [-0.2, -0.15) is 0 Å². The minimum absolute atomic E-state index is 0.103. The number of para-hydroxylation sites is 1. The van der Waals surface area contributed by atoms with E-state index in [4.69, 9.17) is 15.2 Å². The summed E-state index contributed by atoms with van der Waals surface area (Å²) in [6, 6.07) is 9.66. The van der Waals surface area contributed by atoms with Gasteiger partial charge in [0.25, 0.3) is 0 Å². The second-order valence-corrected chi connectivity index (χ2v) is 14.8. The molecule has 0 saturated heterocycles. The van der Waals surface area contributed by atoms with E-state index in [2.05, 4.69) is 13.8 Å². The van der Waals surface area contributed by atoms with E-state index in [0.29, 0.717) is 26.1 Å². The predicted molar refractivity (Wildman–Crippen MR) is 209 cm³/mol. The lowest BCUT2D eigenvalue weighted by atomic mass is 9.78. The van der Waals surface area contributed by atoms with Gasteiger partial charge in [-0.1, -0.05) is 199 Å². The lowest BCUT2D eigenvalue weighted by molar-refractivity contribution is -0.144. The Labute approximate surface area is 303 Å². The van der Waals surface area contributed by atoms with Crippen molar-refractivity contribution in [1.29, 1.82) is 0 Å². The first-order valence-corrected chi connectivity index (χ1v) is 21.2. The van der Waals surface area contributed by atoms with Crippen molar-refractivity contribution in [3.05, 3.63) is 30.3 Å². The number of carbonyl (C=O) groups is 2. The molecule has 0 bridgehead atoms. The first-order valence-electron chi connectivity index (χ1n) is 21.2. The molecule has 0 aliphatic rings. The molecule has 0 aromatic heterocycles. The Hall–Kier alpha value is -2.04. The van der Waals surface area contributed by atoms with Crippen molar-refractivity contribution in [2.75, 3.05) is 13.2 Å². The molecule has 5 nitrogen and oxygen atoms in total. The Bertz CT molecular complexity index is 860. The van der Waals surface area contributed by atoms with Gasteiger partial charge >= 0.3 is 5.97 Å². The monoisotopic (exact) mass is 686 g/mol. The lowest BCUT2D eigenvalue weighted by Crippen LogP contribution is -2.16. The molecule has 2 atom stereocenters. The Morgan fingerprint density at radius 2 is 0.898 bits per heavy atom. The molecule has 2 unspecified atom stereocenters. The van der Waals surface area contributed by atoms with Crippen LogP contribution in [0.3, 0.4) is 0 Å². The highest BCUT2D eigenvalue weighted by molar-refractivity contribution is 5.73. The Balaban J connectivity index is 2.42. The summed E-state index contributed by atoms with van der Waals surface area (Å²) in [5.74, 6) is 2.32. The van der Waals surface area contributed by atoms with Gasteiger partial charge in [0.2, 0.25) is 5.91 Å². The third-order valence-corrected chi connectivity index (χ3v) is 10.3. The fraction of sp³-hybridized carbons (Fsp3) is 0.818. The Morgan fingerprint density at radius 1 is 0.510 bits per heavy atom. The summed E-state index contributed by atoms with van der Waals surface area (Å²) in [6.07, 6.45) is 38.0. The average molecular weight is 686 g/mol. The highest BCUT2D eigenvalue weighted by atomic mass is 16.6. The maximum absolute atomic E-state index is 12.1. The number of primary amides is 1. The van der Waals surface area contributed by atoms with E-state index < -0.39 is 0 Å². The first-order chi connectivity index (χ1) is 24.1. The van der Waals surface area contributed by atoms with E-state index in [9.17, 15) is 9.59 Å². The normalized spacial score (nSPS) is 12.5. The molecule has 0 aliphatic heterocycles. The van der Waals surface area contributed by atoms with Crippen molar-refractivity contribution in [3.8, 4) is 5.75 Å². The average Bonchev–Trinajstić information content (AvgIpc) is 3.10. The molecule has 0 aliphatic carbocycles. The summed E-state index contributed by atoms with van der Waals surface area (Å²) >= 11 is 0. The summed E-state index contributed by atoms with van der Waals surface area (Å²) in [7, 11) is 0. The molecule has 0 spiro atoms. The third-order valence-electron chi connectivity index (χ3n) is 10.3. The molecule has 0 fully saturated rings. The number of benzene rings is 1. The maximum atomic E-state index is 12.1. The zero-order valence-corrected chi connectivity index (χ0v) is 32.4. The van der Waals surface area contributed by atoms with Crippen LogP contribution in [0.15, 0.2) is 30.3 Å². The van der Waals surface area contributed by atoms with E-state index in [1.54, 1.807) is 0 Å². The zero-order valence-electron chi connectivity index (χ0n) is 32.4. The molecule has 1 rings (SSSR count). The fourth-order valence-corrected chi connectivity index (χ4v) is 7.30. The van der Waals surface area contributed by atoms with Gasteiger partial charge < -0.3 is 15.2 Å². The minimum atomic E-state index is -0.159. The molecule has 284 valence electrons. The lowest BCUT2D eigenvalue weighted by Gasteiger charge is -2.28. The van der Waals surface area contributed by atoms with Crippen LogP contribution in [0, 0.1) is 11.8 Å². The zero-order chi connectivity index (χ0) is 35.5. The number of unbranched alkanes of at least 4 members (excludes halogenated alkanes) is 20. The molecule has 5 heteroatoms. The number of hydrogen-bond acceptors (Lipinski definition) is 4. The number of carbonyl (C=O) groups excluding carboxylic acids is 2. The molecule has 1 aromatic carbocycles. The van der Waals surface area contributed by atoms with E-state index in [1.165, 1.54) is 154 Å². The van der Waals surface area contributed by atoms with Crippen molar-refractivity contribution in [3.63, 3.8) is 0 Å². The topological polar surface area (TPSA) is 78.6 Å². The van der Waals surface area contributed by atoms with Crippen LogP contribution in [-0.2, 0) is 14.3 Å². The second-order valence-electron chi connectivity index (χ2n) is 14.8. The largest absolute Gasteiger partial charge is 0.490 e. The highest BCUT2D eigenvalue weighted by Gasteiger charge is 2.20. The third kappa shape index (κ3) is 29.4. The number of rotatable bonds is 37. The molecule has 0 radical (unpaired) electrons. The molecular weight excluding hydrogens is 606 g/mol. The van der Waals surface area contributed by atoms with Crippen molar-refractivity contribution in [2.45, 2.75) is 206 Å². The molecule has 2 N–H and O–H groups in total. The van der Waals surface area contributed by atoms with Crippen LogP contribution in [0.1, 0.15) is 206 Å². The second kappa shape index (κ2) is 34.4. The van der Waals surface area contributed by atoms with Crippen molar-refractivity contribution >= 4 is 11.9 Å². The molecule has 0 heterocycles. The van der Waals surface area contributed by atoms with Gasteiger partial charge in [0.05, 0.1) is 0 Å². The standard InChI is InChI=1S/C44H79NO4/c1-3-5-7-9-15-22-30-40(32-24-17-11-13-19-28-36-43(45)46)41(31-23-16-10-8-6-4-2)33-25-18-12-14-20-29-37-44(47)49-39-38-48-42-34-26-21-27-35-42/h21,26-27,34-35,40-41H,3-20,22-25,28-33,36-39H2,1-2H3,(H2,45,46). The predicted octanol–water partition coefficient (Wildman–Crippen LogP) is 13.1. The van der Waals surface area contributed by atoms with Gasteiger partial charge in [-0.15, -0.1) is 0 Å². The van der Waals surface area contributed by atoms with E-state index in [0.717, 1.165) is 43.3 Å². The number of hydrogen-bond donors (Lipinski definition) is 1. The fourth-order valence-electron chi connectivity index (χ4n) is 7.30. The summed E-state index contributed by atoms with van der Waals surface area (Å²) in [6.45, 7) is 5.33. The van der Waals surface area contributed by atoms with Crippen LogP contribution in [0.2, 0.25) is 0 Å². The van der Waals surface area contributed by atoms with Crippen molar-refractivity contribution in [1.82, 2.24) is 0 Å². The molecule has 1 amide bonds.